The fraction of sp³-hybridized carbons (Fsp3) is 0.333. The second-order valence-electron chi connectivity index (χ2n) is 4.03. The molecule has 1 atom stereocenters. The van der Waals surface area contributed by atoms with Gasteiger partial charge in [-0.15, -0.1) is 0 Å². The number of anilines is 1. The minimum Gasteiger partial charge on any atom is -0.442 e. The summed E-state index contributed by atoms with van der Waals surface area (Å²) in [6, 6.07) is 7.64. The van der Waals surface area contributed by atoms with Crippen molar-refractivity contribution in [3.05, 3.63) is 27.8 Å². The van der Waals surface area contributed by atoms with Gasteiger partial charge < -0.3 is 10.1 Å². The highest BCUT2D eigenvalue weighted by atomic mass is 127. The number of halogens is 1. The topological polar surface area (TPSA) is 58.6 Å². The van der Waals surface area contributed by atoms with Gasteiger partial charge in [-0.05, 0) is 40.8 Å². The summed E-state index contributed by atoms with van der Waals surface area (Å²) in [5, 5.41) is 2.65. The van der Waals surface area contributed by atoms with Crippen molar-refractivity contribution in [3.8, 4) is 0 Å². The van der Waals surface area contributed by atoms with E-state index in [2.05, 4.69) is 27.9 Å². The van der Waals surface area contributed by atoms with Crippen LogP contribution in [0.3, 0.4) is 0 Å². The van der Waals surface area contributed by atoms with Crippen LogP contribution in [-0.2, 0) is 9.53 Å². The first-order valence-corrected chi connectivity index (χ1v) is 6.62. The van der Waals surface area contributed by atoms with Crippen LogP contribution in [0.2, 0.25) is 0 Å². The lowest BCUT2D eigenvalue weighted by Crippen LogP contribution is -2.33. The molecular weight excluding hydrogens is 347 g/mol. The molecule has 1 unspecified atom stereocenters. The lowest BCUT2D eigenvalue weighted by molar-refractivity contribution is -0.119. The molecule has 1 aromatic carbocycles. The third kappa shape index (κ3) is 3.12. The third-order valence-electron chi connectivity index (χ3n) is 2.57. The smallest absolute Gasteiger partial charge is 0.414 e. The van der Waals surface area contributed by atoms with E-state index in [4.69, 9.17) is 4.74 Å². The summed E-state index contributed by atoms with van der Waals surface area (Å²) in [5.41, 5.74) is 0.817. The molecule has 0 aromatic heterocycles. The fourth-order valence-corrected chi connectivity index (χ4v) is 2.27. The summed E-state index contributed by atoms with van der Waals surface area (Å²) in [6.07, 6.45) is -0.661. The van der Waals surface area contributed by atoms with E-state index in [0.717, 1.165) is 9.26 Å². The largest absolute Gasteiger partial charge is 0.442 e. The molecule has 0 bridgehead atoms. The Hall–Kier alpha value is -1.31. The Balaban J connectivity index is 2.03. The molecule has 1 aromatic rings. The van der Waals surface area contributed by atoms with E-state index in [0.29, 0.717) is 13.1 Å². The minimum atomic E-state index is -0.368. The van der Waals surface area contributed by atoms with Gasteiger partial charge >= 0.3 is 6.09 Å². The van der Waals surface area contributed by atoms with Gasteiger partial charge in [-0.2, -0.15) is 0 Å². The van der Waals surface area contributed by atoms with E-state index < -0.39 is 0 Å². The first-order chi connectivity index (χ1) is 8.56. The Morgan fingerprint density at radius 2 is 2.39 bits per heavy atom. The molecule has 6 heteroatoms. The summed E-state index contributed by atoms with van der Waals surface area (Å²) < 4.78 is 6.25. The molecule has 18 heavy (non-hydrogen) atoms. The van der Waals surface area contributed by atoms with Crippen molar-refractivity contribution in [2.75, 3.05) is 18.0 Å². The lowest BCUT2D eigenvalue weighted by Gasteiger charge is -2.13. The van der Waals surface area contributed by atoms with Crippen LogP contribution in [0.5, 0.6) is 0 Å². The predicted octanol–water partition coefficient (Wildman–Crippen LogP) is 1.75. The number of nitrogens with zero attached hydrogens (tertiary/aromatic N) is 1. The van der Waals surface area contributed by atoms with Crippen LogP contribution in [0.25, 0.3) is 0 Å². The van der Waals surface area contributed by atoms with Crippen LogP contribution < -0.4 is 10.2 Å². The van der Waals surface area contributed by atoms with Crippen LogP contribution >= 0.6 is 22.6 Å². The van der Waals surface area contributed by atoms with Gasteiger partial charge in [0.2, 0.25) is 5.91 Å². The van der Waals surface area contributed by atoms with Crippen LogP contribution in [0.1, 0.15) is 6.92 Å². The number of carbonyl (C=O) groups is 2. The number of nitrogens with one attached hydrogen (secondary N) is 1. The zero-order valence-electron chi connectivity index (χ0n) is 9.85. The monoisotopic (exact) mass is 360 g/mol. The zero-order chi connectivity index (χ0) is 13.1. The molecule has 1 saturated heterocycles. The molecule has 5 nitrogen and oxygen atoms in total. The van der Waals surface area contributed by atoms with E-state index in [-0.39, 0.29) is 18.1 Å². The maximum absolute atomic E-state index is 11.7. The Kier molecular flexibility index (Phi) is 4.05. The zero-order valence-corrected chi connectivity index (χ0v) is 12.0. The fourth-order valence-electron chi connectivity index (χ4n) is 1.74. The highest BCUT2D eigenvalue weighted by Crippen LogP contribution is 2.22. The van der Waals surface area contributed by atoms with Gasteiger partial charge in [0.25, 0.3) is 0 Å². The first kappa shape index (κ1) is 13.1. The molecule has 1 N–H and O–H groups in total. The van der Waals surface area contributed by atoms with Crippen LogP contribution in [0.4, 0.5) is 10.5 Å². The number of benzene rings is 1. The van der Waals surface area contributed by atoms with Gasteiger partial charge in [-0.25, -0.2) is 4.79 Å². The number of amides is 2. The van der Waals surface area contributed by atoms with Crippen molar-refractivity contribution in [2.24, 2.45) is 0 Å². The maximum atomic E-state index is 11.7. The van der Waals surface area contributed by atoms with E-state index in [1.165, 1.54) is 6.92 Å². The molecule has 96 valence electrons. The average Bonchev–Trinajstić information content (AvgIpc) is 2.68. The second-order valence-corrected chi connectivity index (χ2v) is 5.28. The highest BCUT2D eigenvalue weighted by molar-refractivity contribution is 14.1. The number of hydrogen-bond acceptors (Lipinski definition) is 3. The summed E-state index contributed by atoms with van der Waals surface area (Å²) >= 11 is 2.19. The van der Waals surface area contributed by atoms with E-state index >= 15 is 0 Å². The molecule has 1 fully saturated rings. The Labute approximate surface area is 119 Å². The van der Waals surface area contributed by atoms with Crippen molar-refractivity contribution in [3.63, 3.8) is 0 Å². The molecule has 1 aliphatic rings. The van der Waals surface area contributed by atoms with Crippen LogP contribution in [0.15, 0.2) is 24.3 Å². The second kappa shape index (κ2) is 5.55. The van der Waals surface area contributed by atoms with Crippen molar-refractivity contribution in [1.82, 2.24) is 5.32 Å². The van der Waals surface area contributed by atoms with E-state index in [1.54, 1.807) is 4.90 Å². The Bertz CT molecular complexity index is 478. The summed E-state index contributed by atoms with van der Waals surface area (Å²) in [7, 11) is 0. The van der Waals surface area contributed by atoms with Crippen LogP contribution in [0, 0.1) is 3.57 Å². The number of carbonyl (C=O) groups excluding carboxylic acids is 2. The maximum Gasteiger partial charge on any atom is 0.414 e. The Morgan fingerprint density at radius 1 is 1.61 bits per heavy atom. The molecule has 2 rings (SSSR count). The molecule has 2 amide bonds. The Morgan fingerprint density at radius 3 is 3.06 bits per heavy atom. The van der Waals surface area contributed by atoms with E-state index in [1.807, 2.05) is 24.3 Å². The molecule has 0 radical (unpaired) electrons. The minimum absolute atomic E-state index is 0.126. The van der Waals surface area contributed by atoms with Gasteiger partial charge in [0.15, 0.2) is 0 Å². The summed E-state index contributed by atoms with van der Waals surface area (Å²) in [5.74, 6) is -0.126. The number of hydrogen-bond donors (Lipinski definition) is 1. The molecular formula is C12H13IN2O3. The normalized spacial score (nSPS) is 18.7. The van der Waals surface area contributed by atoms with Gasteiger partial charge in [-0.3, -0.25) is 9.69 Å². The number of cyclic esters (lactones) is 1. The van der Waals surface area contributed by atoms with Crippen molar-refractivity contribution in [2.45, 2.75) is 13.0 Å². The average molecular weight is 360 g/mol. The third-order valence-corrected chi connectivity index (χ3v) is 3.24. The first-order valence-electron chi connectivity index (χ1n) is 5.54. The number of rotatable bonds is 3. The SMILES string of the molecule is CC(=O)NCC1CN(c2cccc(I)c2)C(=O)O1. The van der Waals surface area contributed by atoms with Crippen molar-refractivity contribution in [1.29, 1.82) is 0 Å². The van der Waals surface area contributed by atoms with Gasteiger partial charge in [0.05, 0.1) is 13.1 Å². The summed E-state index contributed by atoms with van der Waals surface area (Å²) in [6.45, 7) is 2.24. The molecule has 1 heterocycles. The van der Waals surface area contributed by atoms with Crippen molar-refractivity contribution < 1.29 is 14.3 Å². The van der Waals surface area contributed by atoms with Crippen LogP contribution in [-0.4, -0.2) is 31.2 Å². The standard InChI is InChI=1S/C12H13IN2O3/c1-8(16)14-6-11-7-15(12(17)18-11)10-4-2-3-9(13)5-10/h2-5,11H,6-7H2,1H3,(H,14,16). The highest BCUT2D eigenvalue weighted by Gasteiger charge is 2.32. The lowest BCUT2D eigenvalue weighted by atomic mass is 10.2. The molecule has 1 aliphatic heterocycles. The quantitative estimate of drug-likeness (QED) is 0.836. The van der Waals surface area contributed by atoms with E-state index in [9.17, 15) is 9.59 Å². The molecule has 0 spiro atoms. The molecule has 0 saturated carbocycles. The van der Waals surface area contributed by atoms with Gasteiger partial charge in [0.1, 0.15) is 6.10 Å². The van der Waals surface area contributed by atoms with Gasteiger partial charge in [0, 0.05) is 16.2 Å². The molecule has 0 aliphatic carbocycles. The van der Waals surface area contributed by atoms with Crippen molar-refractivity contribution >= 4 is 40.3 Å². The van der Waals surface area contributed by atoms with Gasteiger partial charge in [-0.1, -0.05) is 6.07 Å². The summed E-state index contributed by atoms with van der Waals surface area (Å²) in [4.78, 5) is 24.1. The number of ether oxygens (including phenoxy) is 1. The predicted molar refractivity (Wildman–Crippen MR) is 75.5 cm³/mol.